The third-order valence-corrected chi connectivity index (χ3v) is 6.61. The number of amides is 2. The Labute approximate surface area is 194 Å². The molecule has 1 aromatic rings. The van der Waals surface area contributed by atoms with E-state index in [-0.39, 0.29) is 46.7 Å². The molecule has 2 atom stereocenters. The molecule has 0 radical (unpaired) electrons. The highest BCUT2D eigenvalue weighted by molar-refractivity contribution is 5.99. The van der Waals surface area contributed by atoms with Crippen LogP contribution >= 0.6 is 0 Å². The average molecular weight is 460 g/mol. The lowest BCUT2D eigenvalue weighted by Gasteiger charge is -2.47. The Hall–Kier alpha value is -2.81. The molecule has 0 aliphatic carbocycles. The summed E-state index contributed by atoms with van der Waals surface area (Å²) in [5.41, 5.74) is 0.471. The Morgan fingerprint density at radius 3 is 2.39 bits per heavy atom. The van der Waals surface area contributed by atoms with Crippen LogP contribution in [0.15, 0.2) is 12.1 Å². The number of nitrogens with zero attached hydrogens (tertiary/aromatic N) is 1. The van der Waals surface area contributed by atoms with Gasteiger partial charge in [0.05, 0.1) is 14.2 Å². The van der Waals surface area contributed by atoms with Gasteiger partial charge in [0, 0.05) is 29.1 Å². The molecule has 2 saturated heterocycles. The monoisotopic (exact) mass is 459 g/mol. The molecule has 1 aromatic carbocycles. The second-order valence-electron chi connectivity index (χ2n) is 10.4. The van der Waals surface area contributed by atoms with Gasteiger partial charge in [0.2, 0.25) is 18.0 Å². The van der Waals surface area contributed by atoms with Crippen molar-refractivity contribution >= 4 is 17.8 Å². The van der Waals surface area contributed by atoms with Gasteiger partial charge < -0.3 is 24.8 Å². The van der Waals surface area contributed by atoms with Gasteiger partial charge in [0.25, 0.3) is 0 Å². The highest BCUT2D eigenvalue weighted by atomic mass is 16.6. The number of hydrogen-bond acceptors (Lipinski definition) is 7. The van der Waals surface area contributed by atoms with Crippen LogP contribution in [0.25, 0.3) is 0 Å². The van der Waals surface area contributed by atoms with Gasteiger partial charge in [-0.15, -0.1) is 0 Å². The Bertz CT molecular complexity index is 973. The fourth-order valence-corrected chi connectivity index (χ4v) is 5.76. The standard InChI is InChI=1S/C24H33N3O6/c1-23(2)11-13(12-24(3,4)26-23)25-20(29)15-8-10-17(28)27(15)21-14-7-9-16(31-5)19(32-6)18(14)22(30)33-21/h7,9,13,15,21,26H,8,10-12H2,1-6H3,(H,25,29). The number of rotatable bonds is 5. The van der Waals surface area contributed by atoms with E-state index in [0.29, 0.717) is 17.7 Å². The number of methoxy groups -OCH3 is 2. The van der Waals surface area contributed by atoms with Crippen molar-refractivity contribution in [3.63, 3.8) is 0 Å². The molecular weight excluding hydrogens is 426 g/mol. The molecule has 0 spiro atoms. The van der Waals surface area contributed by atoms with Crippen molar-refractivity contribution in [2.75, 3.05) is 14.2 Å². The summed E-state index contributed by atoms with van der Waals surface area (Å²) in [6.45, 7) is 8.48. The molecule has 0 bridgehead atoms. The predicted octanol–water partition coefficient (Wildman–Crippen LogP) is 2.29. The van der Waals surface area contributed by atoms with Crippen LogP contribution in [0, 0.1) is 0 Å². The van der Waals surface area contributed by atoms with Crippen LogP contribution in [0.2, 0.25) is 0 Å². The maximum Gasteiger partial charge on any atom is 0.344 e. The lowest BCUT2D eigenvalue weighted by atomic mass is 9.79. The van der Waals surface area contributed by atoms with Crippen LogP contribution in [-0.2, 0) is 14.3 Å². The van der Waals surface area contributed by atoms with E-state index in [9.17, 15) is 14.4 Å². The van der Waals surface area contributed by atoms with Crippen molar-refractivity contribution in [2.45, 2.75) is 82.8 Å². The van der Waals surface area contributed by atoms with Gasteiger partial charge >= 0.3 is 5.97 Å². The van der Waals surface area contributed by atoms with Crippen molar-refractivity contribution in [3.8, 4) is 11.5 Å². The van der Waals surface area contributed by atoms with E-state index < -0.39 is 18.2 Å². The lowest BCUT2D eigenvalue weighted by Crippen LogP contribution is -2.63. The molecule has 3 aliphatic heterocycles. The summed E-state index contributed by atoms with van der Waals surface area (Å²) in [7, 11) is 2.92. The highest BCUT2D eigenvalue weighted by Gasteiger charge is 2.48. The summed E-state index contributed by atoms with van der Waals surface area (Å²) >= 11 is 0. The Kier molecular flexibility index (Phi) is 5.80. The van der Waals surface area contributed by atoms with E-state index in [0.717, 1.165) is 12.8 Å². The SMILES string of the molecule is COc1ccc2c(c1OC)C(=O)OC2N1C(=O)CCC1C(=O)NC1CC(C)(C)NC(C)(C)C1. The second-order valence-corrected chi connectivity index (χ2v) is 10.4. The molecule has 33 heavy (non-hydrogen) atoms. The Balaban J connectivity index is 1.59. The molecule has 3 heterocycles. The van der Waals surface area contributed by atoms with Crippen LogP contribution < -0.4 is 20.1 Å². The molecule has 2 unspecified atom stereocenters. The molecular formula is C24H33N3O6. The van der Waals surface area contributed by atoms with Gasteiger partial charge in [0.1, 0.15) is 11.6 Å². The second kappa shape index (κ2) is 8.20. The number of ether oxygens (including phenoxy) is 3. The Morgan fingerprint density at radius 2 is 1.79 bits per heavy atom. The van der Waals surface area contributed by atoms with E-state index in [1.165, 1.54) is 19.1 Å². The van der Waals surface area contributed by atoms with Crippen molar-refractivity contribution < 1.29 is 28.6 Å². The minimum Gasteiger partial charge on any atom is -0.493 e. The van der Waals surface area contributed by atoms with Gasteiger partial charge in [-0.1, -0.05) is 0 Å². The van der Waals surface area contributed by atoms with Crippen LogP contribution in [0.1, 0.15) is 75.5 Å². The van der Waals surface area contributed by atoms with Gasteiger partial charge in [-0.3, -0.25) is 14.5 Å². The number of hydrogen-bond donors (Lipinski definition) is 2. The average Bonchev–Trinajstić information content (AvgIpc) is 3.24. The molecule has 0 saturated carbocycles. The molecule has 9 nitrogen and oxygen atoms in total. The summed E-state index contributed by atoms with van der Waals surface area (Å²) in [6, 6.07) is 2.62. The fourth-order valence-electron chi connectivity index (χ4n) is 5.76. The summed E-state index contributed by atoms with van der Waals surface area (Å²) in [6.07, 6.45) is 1.18. The number of nitrogens with one attached hydrogen (secondary N) is 2. The van der Waals surface area contributed by atoms with Crippen LogP contribution in [0.5, 0.6) is 11.5 Å². The van der Waals surface area contributed by atoms with Gasteiger partial charge in [0.15, 0.2) is 11.5 Å². The molecule has 4 rings (SSSR count). The maximum atomic E-state index is 13.4. The summed E-state index contributed by atoms with van der Waals surface area (Å²) in [5.74, 6) is -0.390. The van der Waals surface area contributed by atoms with Gasteiger partial charge in [-0.2, -0.15) is 0 Å². The first-order valence-electron chi connectivity index (χ1n) is 11.3. The Morgan fingerprint density at radius 1 is 1.12 bits per heavy atom. The quantitative estimate of drug-likeness (QED) is 0.651. The van der Waals surface area contributed by atoms with E-state index in [2.05, 4.69) is 38.3 Å². The van der Waals surface area contributed by atoms with Crippen molar-refractivity contribution in [3.05, 3.63) is 23.3 Å². The summed E-state index contributed by atoms with van der Waals surface area (Å²) in [4.78, 5) is 40.3. The largest absolute Gasteiger partial charge is 0.493 e. The third-order valence-electron chi connectivity index (χ3n) is 6.61. The number of likely N-dealkylation sites (tertiary alicyclic amines) is 1. The van der Waals surface area contributed by atoms with Crippen LogP contribution in [-0.4, -0.2) is 60.1 Å². The van der Waals surface area contributed by atoms with E-state index >= 15 is 0 Å². The summed E-state index contributed by atoms with van der Waals surface area (Å²) in [5, 5.41) is 6.77. The topological polar surface area (TPSA) is 106 Å². The number of piperidine rings is 1. The van der Waals surface area contributed by atoms with Crippen molar-refractivity contribution in [1.82, 2.24) is 15.5 Å². The third kappa shape index (κ3) is 4.26. The zero-order valence-electron chi connectivity index (χ0n) is 20.1. The number of carbonyl (C=O) groups excluding carboxylic acids is 3. The number of fused-ring (bicyclic) bond motifs is 1. The fraction of sp³-hybridized carbons (Fsp3) is 0.625. The normalized spacial score (nSPS) is 26.1. The first kappa shape index (κ1) is 23.4. The first-order chi connectivity index (χ1) is 15.5. The predicted molar refractivity (Wildman–Crippen MR) is 120 cm³/mol. The highest BCUT2D eigenvalue weighted by Crippen LogP contribution is 2.45. The molecule has 9 heteroatoms. The number of carbonyl (C=O) groups is 3. The van der Waals surface area contributed by atoms with Crippen molar-refractivity contribution in [1.29, 1.82) is 0 Å². The smallest absolute Gasteiger partial charge is 0.344 e. The molecule has 2 amide bonds. The van der Waals surface area contributed by atoms with Gasteiger partial charge in [-0.25, -0.2) is 4.79 Å². The minimum absolute atomic E-state index is 0.0240. The molecule has 0 aromatic heterocycles. The minimum atomic E-state index is -0.973. The number of esters is 1. The zero-order valence-corrected chi connectivity index (χ0v) is 20.1. The molecule has 180 valence electrons. The summed E-state index contributed by atoms with van der Waals surface area (Å²) < 4.78 is 16.3. The van der Waals surface area contributed by atoms with E-state index in [1.54, 1.807) is 12.1 Å². The van der Waals surface area contributed by atoms with Crippen LogP contribution in [0.4, 0.5) is 0 Å². The molecule has 2 fully saturated rings. The zero-order chi connectivity index (χ0) is 24.1. The lowest BCUT2D eigenvalue weighted by molar-refractivity contribution is -0.146. The van der Waals surface area contributed by atoms with Gasteiger partial charge in [-0.05, 0) is 59.1 Å². The first-order valence-corrected chi connectivity index (χ1v) is 11.3. The van der Waals surface area contributed by atoms with Crippen LogP contribution in [0.3, 0.4) is 0 Å². The van der Waals surface area contributed by atoms with E-state index in [4.69, 9.17) is 14.2 Å². The number of cyclic esters (lactones) is 1. The molecule has 2 N–H and O–H groups in total. The molecule has 3 aliphatic rings. The van der Waals surface area contributed by atoms with Crippen molar-refractivity contribution in [2.24, 2.45) is 0 Å². The number of benzene rings is 1. The maximum absolute atomic E-state index is 13.4. The van der Waals surface area contributed by atoms with E-state index in [1.807, 2.05) is 0 Å².